The highest BCUT2D eigenvalue weighted by Gasteiger charge is 2.13. The van der Waals surface area contributed by atoms with E-state index in [1.165, 1.54) is 0 Å². The molecule has 0 radical (unpaired) electrons. The Labute approximate surface area is 92.1 Å². The number of carboxylic acids is 1. The quantitative estimate of drug-likeness (QED) is 0.897. The lowest BCUT2D eigenvalue weighted by atomic mass is 10.3. The maximum Gasteiger partial charge on any atom is 0.420 e. The second-order valence-electron chi connectivity index (χ2n) is 2.93. The number of carboxylic acid groups (broad SMARTS) is 1. The second-order valence-corrected chi connectivity index (χ2v) is 3.79. The summed E-state index contributed by atoms with van der Waals surface area (Å²) in [6.07, 6.45) is 0. The van der Waals surface area contributed by atoms with E-state index in [1.54, 1.807) is 18.2 Å². The molecule has 15 heavy (non-hydrogen) atoms. The fraction of sp³-hybridized carbons (Fsp3) is 0.111. The highest BCUT2D eigenvalue weighted by atomic mass is 79.9. The van der Waals surface area contributed by atoms with Crippen LogP contribution in [0.25, 0.3) is 11.1 Å². The van der Waals surface area contributed by atoms with Crippen molar-refractivity contribution in [1.82, 2.24) is 4.57 Å². The van der Waals surface area contributed by atoms with Crippen LogP contribution < -0.4 is 5.76 Å². The van der Waals surface area contributed by atoms with Crippen LogP contribution in [0.1, 0.15) is 0 Å². The molecule has 2 rings (SSSR count). The number of fused-ring (bicyclic) bond motifs is 1. The predicted molar refractivity (Wildman–Crippen MR) is 55.8 cm³/mol. The van der Waals surface area contributed by atoms with E-state index in [1.807, 2.05) is 0 Å². The number of aliphatic carboxylic acids is 1. The Morgan fingerprint density at radius 2 is 2.27 bits per heavy atom. The monoisotopic (exact) mass is 271 g/mol. The molecule has 0 saturated carbocycles. The van der Waals surface area contributed by atoms with Crippen molar-refractivity contribution < 1.29 is 14.3 Å². The average molecular weight is 272 g/mol. The molecule has 0 amide bonds. The SMILES string of the molecule is O=C(O)Cn1c(=O)oc2cccc(Br)c21. The Balaban J connectivity index is 2.76. The van der Waals surface area contributed by atoms with Crippen LogP contribution in [0.15, 0.2) is 31.9 Å². The lowest BCUT2D eigenvalue weighted by molar-refractivity contribution is -0.137. The van der Waals surface area contributed by atoms with Gasteiger partial charge in [-0.3, -0.25) is 9.36 Å². The third kappa shape index (κ3) is 1.68. The first-order valence-corrected chi connectivity index (χ1v) is 4.88. The van der Waals surface area contributed by atoms with Crippen LogP contribution >= 0.6 is 15.9 Å². The minimum Gasteiger partial charge on any atom is -0.480 e. The minimum absolute atomic E-state index is 0.371. The van der Waals surface area contributed by atoms with E-state index in [-0.39, 0.29) is 0 Å². The Morgan fingerprint density at radius 1 is 1.53 bits per heavy atom. The van der Waals surface area contributed by atoms with Gasteiger partial charge in [-0.2, -0.15) is 0 Å². The number of carbonyl (C=O) groups is 1. The van der Waals surface area contributed by atoms with Gasteiger partial charge < -0.3 is 9.52 Å². The molecule has 0 aliphatic carbocycles. The van der Waals surface area contributed by atoms with Gasteiger partial charge in [0.25, 0.3) is 0 Å². The number of halogens is 1. The van der Waals surface area contributed by atoms with Gasteiger partial charge in [-0.1, -0.05) is 6.07 Å². The van der Waals surface area contributed by atoms with E-state index >= 15 is 0 Å². The maximum atomic E-state index is 11.3. The van der Waals surface area contributed by atoms with Gasteiger partial charge in [0.1, 0.15) is 12.1 Å². The van der Waals surface area contributed by atoms with Gasteiger partial charge >= 0.3 is 11.7 Å². The Hall–Kier alpha value is -1.56. The van der Waals surface area contributed by atoms with Gasteiger partial charge in [-0.15, -0.1) is 0 Å². The first-order valence-electron chi connectivity index (χ1n) is 4.09. The maximum absolute atomic E-state index is 11.3. The van der Waals surface area contributed by atoms with Crippen molar-refractivity contribution >= 4 is 33.0 Å². The summed E-state index contributed by atoms with van der Waals surface area (Å²) < 4.78 is 6.60. The molecule has 0 atom stereocenters. The fourth-order valence-electron chi connectivity index (χ4n) is 1.36. The number of oxazole rings is 1. The average Bonchev–Trinajstić information content (AvgIpc) is 2.43. The normalized spacial score (nSPS) is 10.7. The first-order chi connectivity index (χ1) is 7.09. The molecular weight excluding hydrogens is 266 g/mol. The molecule has 6 heteroatoms. The third-order valence-corrected chi connectivity index (χ3v) is 2.57. The number of rotatable bonds is 2. The number of hydrogen-bond donors (Lipinski definition) is 1. The first kappa shape index (κ1) is 9.97. The highest BCUT2D eigenvalue weighted by molar-refractivity contribution is 9.10. The summed E-state index contributed by atoms with van der Waals surface area (Å²) in [6, 6.07) is 5.04. The van der Waals surface area contributed by atoms with Crippen LogP contribution in [-0.4, -0.2) is 15.6 Å². The zero-order valence-corrected chi connectivity index (χ0v) is 9.02. The number of benzene rings is 1. The van der Waals surface area contributed by atoms with Crippen molar-refractivity contribution in [3.05, 3.63) is 33.2 Å². The van der Waals surface area contributed by atoms with Crippen molar-refractivity contribution in [2.45, 2.75) is 6.54 Å². The topological polar surface area (TPSA) is 72.4 Å². The van der Waals surface area contributed by atoms with Gasteiger partial charge in [0.2, 0.25) is 0 Å². The van der Waals surface area contributed by atoms with Crippen LogP contribution in [0.3, 0.4) is 0 Å². The molecule has 2 aromatic rings. The molecule has 78 valence electrons. The fourth-order valence-corrected chi connectivity index (χ4v) is 1.92. The van der Waals surface area contributed by atoms with Crippen LogP contribution in [0.2, 0.25) is 0 Å². The summed E-state index contributed by atoms with van der Waals surface area (Å²) in [5.74, 6) is -1.75. The molecule has 0 unspecified atom stereocenters. The van der Waals surface area contributed by atoms with E-state index in [4.69, 9.17) is 9.52 Å². The van der Waals surface area contributed by atoms with E-state index < -0.39 is 18.3 Å². The number of nitrogens with zero attached hydrogens (tertiary/aromatic N) is 1. The molecule has 0 aliphatic rings. The van der Waals surface area contributed by atoms with Crippen molar-refractivity contribution in [1.29, 1.82) is 0 Å². The Morgan fingerprint density at radius 3 is 2.93 bits per heavy atom. The van der Waals surface area contributed by atoms with Crippen LogP contribution in [0.5, 0.6) is 0 Å². The minimum atomic E-state index is -1.09. The molecule has 1 aromatic carbocycles. The molecule has 5 nitrogen and oxygen atoms in total. The third-order valence-electron chi connectivity index (χ3n) is 1.93. The number of aromatic nitrogens is 1. The molecule has 0 aliphatic heterocycles. The van der Waals surface area contributed by atoms with Gasteiger partial charge in [0.05, 0.1) is 0 Å². The van der Waals surface area contributed by atoms with Gasteiger partial charge in [0, 0.05) is 4.47 Å². The number of hydrogen-bond acceptors (Lipinski definition) is 3. The van der Waals surface area contributed by atoms with Gasteiger partial charge in [-0.05, 0) is 28.1 Å². The van der Waals surface area contributed by atoms with E-state index in [2.05, 4.69) is 15.9 Å². The van der Waals surface area contributed by atoms with Crippen molar-refractivity contribution in [2.75, 3.05) is 0 Å². The van der Waals surface area contributed by atoms with Gasteiger partial charge in [-0.25, -0.2) is 4.79 Å². The second kappa shape index (κ2) is 3.54. The summed E-state index contributed by atoms with van der Waals surface area (Å²) in [7, 11) is 0. The van der Waals surface area contributed by atoms with Crippen molar-refractivity contribution in [3.8, 4) is 0 Å². The summed E-state index contributed by atoms with van der Waals surface area (Å²) in [6.45, 7) is -0.408. The molecule has 0 fully saturated rings. The smallest absolute Gasteiger partial charge is 0.420 e. The molecule has 0 bridgehead atoms. The van der Waals surface area contributed by atoms with E-state index in [9.17, 15) is 9.59 Å². The Bertz CT molecular complexity index is 583. The standard InChI is InChI=1S/C9H6BrNO4/c10-5-2-1-3-6-8(5)11(4-7(12)13)9(14)15-6/h1-3H,4H2,(H,12,13). The zero-order valence-electron chi connectivity index (χ0n) is 7.44. The zero-order chi connectivity index (χ0) is 11.0. The largest absolute Gasteiger partial charge is 0.480 e. The molecule has 1 N–H and O–H groups in total. The van der Waals surface area contributed by atoms with E-state index in [0.717, 1.165) is 4.57 Å². The molecule has 1 heterocycles. The summed E-state index contributed by atoms with van der Waals surface area (Å²) in [5, 5.41) is 8.64. The molecule has 1 aromatic heterocycles. The molecular formula is C9H6BrNO4. The van der Waals surface area contributed by atoms with Crippen molar-refractivity contribution in [2.24, 2.45) is 0 Å². The van der Waals surface area contributed by atoms with Crippen LogP contribution in [-0.2, 0) is 11.3 Å². The Kier molecular flexibility index (Phi) is 2.36. The van der Waals surface area contributed by atoms with E-state index in [0.29, 0.717) is 15.6 Å². The summed E-state index contributed by atoms with van der Waals surface area (Å²) in [4.78, 5) is 21.9. The van der Waals surface area contributed by atoms with Gasteiger partial charge in [0.15, 0.2) is 5.58 Å². The number of para-hydroxylation sites is 1. The van der Waals surface area contributed by atoms with Crippen LogP contribution in [0, 0.1) is 0 Å². The molecule has 0 saturated heterocycles. The summed E-state index contributed by atoms with van der Waals surface area (Å²) in [5.41, 5.74) is 0.834. The predicted octanol–water partition coefficient (Wildman–Crippen LogP) is 1.44. The van der Waals surface area contributed by atoms with Crippen molar-refractivity contribution in [3.63, 3.8) is 0 Å². The lowest BCUT2D eigenvalue weighted by Gasteiger charge is -1.98. The molecule has 0 spiro atoms. The summed E-state index contributed by atoms with van der Waals surface area (Å²) >= 11 is 3.24. The van der Waals surface area contributed by atoms with Crippen LogP contribution in [0.4, 0.5) is 0 Å². The lowest BCUT2D eigenvalue weighted by Crippen LogP contribution is -2.19. The highest BCUT2D eigenvalue weighted by Crippen LogP contribution is 2.22.